The standard InChI is InChI=1S/C16H22ClN5O5/c17-16-20-13(19-7-1-3-8(24)4-2-7)10-14(21-16)22(6-18-10)15-12(26)11(25)9(5-23)27-15/h6-9,11-12,15,23-26H,1-5H2,(H,19,20,21)/t7?,8?,9-,11?,12?,15-/m1/s1. The Morgan fingerprint density at radius 3 is 2.56 bits per heavy atom. The van der Waals surface area contributed by atoms with Crippen LogP contribution in [0.2, 0.25) is 5.28 Å². The van der Waals surface area contributed by atoms with E-state index in [0.29, 0.717) is 17.0 Å². The maximum absolute atomic E-state index is 10.3. The average Bonchev–Trinajstić information content (AvgIpc) is 3.18. The lowest BCUT2D eigenvalue weighted by Crippen LogP contribution is -2.33. The van der Waals surface area contributed by atoms with Crippen molar-refractivity contribution < 1.29 is 25.2 Å². The maximum atomic E-state index is 10.3. The summed E-state index contributed by atoms with van der Waals surface area (Å²) < 4.78 is 7.02. The molecule has 11 heteroatoms. The second-order valence-corrected chi connectivity index (χ2v) is 7.38. The first-order valence-corrected chi connectivity index (χ1v) is 9.33. The monoisotopic (exact) mass is 399 g/mol. The maximum Gasteiger partial charge on any atom is 0.226 e. The number of aliphatic hydroxyl groups excluding tert-OH is 4. The lowest BCUT2D eigenvalue weighted by Gasteiger charge is -2.26. The Kier molecular flexibility index (Phi) is 5.19. The number of ether oxygens (including phenoxy) is 1. The normalized spacial score (nSPS) is 34.3. The van der Waals surface area contributed by atoms with Crippen molar-refractivity contribution in [3.05, 3.63) is 11.6 Å². The highest BCUT2D eigenvalue weighted by Crippen LogP contribution is 2.33. The number of hydrogen-bond acceptors (Lipinski definition) is 9. The molecule has 148 valence electrons. The highest BCUT2D eigenvalue weighted by atomic mass is 35.5. The zero-order valence-electron chi connectivity index (χ0n) is 14.4. The van der Waals surface area contributed by atoms with Gasteiger partial charge in [-0.2, -0.15) is 9.97 Å². The van der Waals surface area contributed by atoms with E-state index in [-0.39, 0.29) is 17.4 Å². The number of halogens is 1. The number of nitrogens with one attached hydrogen (secondary N) is 1. The van der Waals surface area contributed by atoms with Crippen LogP contribution in [0.3, 0.4) is 0 Å². The Balaban J connectivity index is 1.64. The summed E-state index contributed by atoms with van der Waals surface area (Å²) in [5, 5.41) is 42.5. The topological polar surface area (TPSA) is 146 Å². The van der Waals surface area contributed by atoms with Crippen LogP contribution >= 0.6 is 11.6 Å². The van der Waals surface area contributed by atoms with Crippen LogP contribution in [0.25, 0.3) is 11.2 Å². The first-order valence-electron chi connectivity index (χ1n) is 8.95. The summed E-state index contributed by atoms with van der Waals surface area (Å²) in [6.07, 6.45) is -0.0934. The van der Waals surface area contributed by atoms with Crippen molar-refractivity contribution >= 4 is 28.6 Å². The predicted octanol–water partition coefficient (Wildman–Crippen LogP) is -0.193. The molecule has 2 aromatic rings. The SMILES string of the molecule is OC[C@H]1O[C@@H](n2cnc3c(NC4CCC(O)CC4)nc(Cl)nc32)C(O)C1O. The van der Waals surface area contributed by atoms with Crippen molar-refractivity contribution in [2.24, 2.45) is 0 Å². The molecule has 27 heavy (non-hydrogen) atoms. The number of aromatic nitrogens is 4. The van der Waals surface area contributed by atoms with Gasteiger partial charge in [0.25, 0.3) is 0 Å². The van der Waals surface area contributed by atoms with E-state index in [1.807, 2.05) is 0 Å². The molecule has 3 heterocycles. The zero-order valence-corrected chi connectivity index (χ0v) is 15.2. The van der Waals surface area contributed by atoms with E-state index in [1.54, 1.807) is 0 Å². The fourth-order valence-corrected chi connectivity index (χ4v) is 3.86. The van der Waals surface area contributed by atoms with Gasteiger partial charge in [-0.3, -0.25) is 4.57 Å². The van der Waals surface area contributed by atoms with E-state index < -0.39 is 31.1 Å². The molecule has 1 saturated carbocycles. The molecule has 10 nitrogen and oxygen atoms in total. The summed E-state index contributed by atoms with van der Waals surface area (Å²) in [5.41, 5.74) is 0.812. The zero-order chi connectivity index (χ0) is 19.1. The van der Waals surface area contributed by atoms with Gasteiger partial charge in [0, 0.05) is 6.04 Å². The third-order valence-corrected chi connectivity index (χ3v) is 5.39. The van der Waals surface area contributed by atoms with E-state index in [4.69, 9.17) is 16.3 Å². The lowest BCUT2D eigenvalue weighted by atomic mass is 9.93. The summed E-state index contributed by atoms with van der Waals surface area (Å²) >= 11 is 6.09. The summed E-state index contributed by atoms with van der Waals surface area (Å²) in [5.74, 6) is 0.469. The minimum absolute atomic E-state index is 0.00865. The third kappa shape index (κ3) is 3.48. The van der Waals surface area contributed by atoms with Crippen molar-refractivity contribution in [3.63, 3.8) is 0 Å². The van der Waals surface area contributed by atoms with Gasteiger partial charge in [-0.1, -0.05) is 0 Å². The van der Waals surface area contributed by atoms with E-state index in [1.165, 1.54) is 10.9 Å². The summed E-state index contributed by atoms with van der Waals surface area (Å²) in [6, 6.07) is 0.140. The quantitative estimate of drug-likeness (QED) is 0.441. The molecule has 0 bridgehead atoms. The fraction of sp³-hybridized carbons (Fsp3) is 0.688. The van der Waals surface area contributed by atoms with Crippen LogP contribution in [-0.2, 0) is 4.74 Å². The molecule has 2 aromatic heterocycles. The molecule has 1 aliphatic carbocycles. The van der Waals surface area contributed by atoms with E-state index in [9.17, 15) is 20.4 Å². The highest BCUT2D eigenvalue weighted by Gasteiger charge is 2.44. The van der Waals surface area contributed by atoms with Crippen LogP contribution in [-0.4, -0.2) is 77.0 Å². The Morgan fingerprint density at radius 1 is 1.15 bits per heavy atom. The van der Waals surface area contributed by atoms with Gasteiger partial charge in [-0.05, 0) is 37.3 Å². The molecule has 1 aliphatic heterocycles. The van der Waals surface area contributed by atoms with Gasteiger partial charge in [0.2, 0.25) is 5.28 Å². The molecule has 2 fully saturated rings. The van der Waals surface area contributed by atoms with Crippen molar-refractivity contribution in [2.75, 3.05) is 11.9 Å². The van der Waals surface area contributed by atoms with Crippen LogP contribution in [0.5, 0.6) is 0 Å². The van der Waals surface area contributed by atoms with Crippen molar-refractivity contribution in [1.29, 1.82) is 0 Å². The largest absolute Gasteiger partial charge is 0.394 e. The third-order valence-electron chi connectivity index (χ3n) is 5.22. The minimum Gasteiger partial charge on any atom is -0.394 e. The van der Waals surface area contributed by atoms with Gasteiger partial charge in [0.05, 0.1) is 19.0 Å². The number of aliphatic hydroxyl groups is 4. The molecular formula is C16H22ClN5O5. The predicted molar refractivity (Wildman–Crippen MR) is 95.2 cm³/mol. The molecule has 4 rings (SSSR count). The van der Waals surface area contributed by atoms with Gasteiger partial charge >= 0.3 is 0 Å². The molecule has 0 radical (unpaired) electrons. The van der Waals surface area contributed by atoms with E-state index >= 15 is 0 Å². The van der Waals surface area contributed by atoms with Crippen molar-refractivity contribution in [3.8, 4) is 0 Å². The first kappa shape index (κ1) is 18.8. The van der Waals surface area contributed by atoms with Gasteiger partial charge in [0.1, 0.15) is 18.3 Å². The van der Waals surface area contributed by atoms with Crippen LogP contribution in [0, 0.1) is 0 Å². The molecule has 5 N–H and O–H groups in total. The van der Waals surface area contributed by atoms with Crippen molar-refractivity contribution in [2.45, 2.75) is 62.4 Å². The number of anilines is 1. The first-order chi connectivity index (χ1) is 13.0. The Morgan fingerprint density at radius 2 is 1.89 bits per heavy atom. The van der Waals surface area contributed by atoms with Crippen LogP contribution in [0.1, 0.15) is 31.9 Å². The second-order valence-electron chi connectivity index (χ2n) is 7.04. The van der Waals surface area contributed by atoms with Gasteiger partial charge < -0.3 is 30.5 Å². The molecular weight excluding hydrogens is 378 g/mol. The molecule has 2 unspecified atom stereocenters. The number of imidazole rings is 1. The Hall–Kier alpha value is -1.56. The Bertz CT molecular complexity index is 812. The lowest BCUT2D eigenvalue weighted by molar-refractivity contribution is -0.0511. The molecule has 4 atom stereocenters. The van der Waals surface area contributed by atoms with Crippen LogP contribution < -0.4 is 5.32 Å². The van der Waals surface area contributed by atoms with Gasteiger partial charge in [-0.15, -0.1) is 0 Å². The number of fused-ring (bicyclic) bond motifs is 1. The summed E-state index contributed by atoms with van der Waals surface area (Å²) in [4.78, 5) is 12.8. The number of rotatable bonds is 4. The van der Waals surface area contributed by atoms with Crippen LogP contribution in [0.4, 0.5) is 5.82 Å². The smallest absolute Gasteiger partial charge is 0.226 e. The van der Waals surface area contributed by atoms with Gasteiger partial charge in [0.15, 0.2) is 23.2 Å². The number of hydrogen-bond donors (Lipinski definition) is 5. The molecule has 0 amide bonds. The molecule has 1 saturated heterocycles. The van der Waals surface area contributed by atoms with Crippen LogP contribution in [0.15, 0.2) is 6.33 Å². The van der Waals surface area contributed by atoms with Crippen molar-refractivity contribution in [1.82, 2.24) is 19.5 Å². The summed E-state index contributed by atoms with van der Waals surface area (Å²) in [6.45, 7) is -0.419. The second kappa shape index (κ2) is 7.46. The average molecular weight is 400 g/mol. The summed E-state index contributed by atoms with van der Waals surface area (Å²) in [7, 11) is 0. The minimum atomic E-state index is -1.25. The molecule has 0 spiro atoms. The molecule has 0 aromatic carbocycles. The van der Waals surface area contributed by atoms with E-state index in [2.05, 4.69) is 20.3 Å². The highest BCUT2D eigenvalue weighted by molar-refractivity contribution is 6.28. The molecule has 2 aliphatic rings. The van der Waals surface area contributed by atoms with E-state index in [0.717, 1.165) is 25.7 Å². The van der Waals surface area contributed by atoms with Gasteiger partial charge in [-0.25, -0.2) is 4.98 Å². The number of nitrogens with zero attached hydrogens (tertiary/aromatic N) is 4. The fourth-order valence-electron chi connectivity index (χ4n) is 3.70. The Labute approximate surface area is 159 Å².